The first-order chi connectivity index (χ1) is 7.91. The van der Waals surface area contributed by atoms with Crippen molar-refractivity contribution in [3.8, 4) is 0 Å². The number of amides is 2. The molecule has 1 saturated heterocycles. The van der Waals surface area contributed by atoms with Crippen molar-refractivity contribution in [1.82, 2.24) is 10.2 Å². The first-order valence-electron chi connectivity index (χ1n) is 6.20. The van der Waals surface area contributed by atoms with Crippen LogP contribution in [0.4, 0.5) is 4.79 Å². The lowest BCUT2D eigenvalue weighted by Gasteiger charge is -2.39. The fraction of sp³-hybridized carbons (Fsp3) is 0.833. The lowest BCUT2D eigenvalue weighted by Crippen LogP contribution is -2.50. The predicted molar refractivity (Wildman–Crippen MR) is 64.8 cm³/mol. The molecule has 5 heteroatoms. The predicted octanol–water partition coefficient (Wildman–Crippen LogP) is 1.68. The topological polar surface area (TPSA) is 69.6 Å². The lowest BCUT2D eigenvalue weighted by atomic mass is 9.75. The Balaban J connectivity index is 2.66. The zero-order chi connectivity index (χ0) is 13.1. The van der Waals surface area contributed by atoms with Crippen LogP contribution < -0.4 is 5.32 Å². The van der Waals surface area contributed by atoms with Crippen molar-refractivity contribution in [2.75, 3.05) is 13.1 Å². The van der Waals surface area contributed by atoms with E-state index in [1.54, 1.807) is 0 Å². The monoisotopic (exact) mass is 242 g/mol. The van der Waals surface area contributed by atoms with Gasteiger partial charge in [-0.3, -0.25) is 4.79 Å². The van der Waals surface area contributed by atoms with Crippen LogP contribution in [-0.4, -0.2) is 41.1 Å². The number of carboxylic acid groups (broad SMARTS) is 1. The smallest absolute Gasteiger partial charge is 0.407 e. The SMILES string of the molecule is CCC1(C(=O)NC(C)C)CCN(C(=O)O)CC1. The van der Waals surface area contributed by atoms with Gasteiger partial charge in [-0.15, -0.1) is 0 Å². The Hall–Kier alpha value is -1.26. The first-order valence-corrected chi connectivity index (χ1v) is 6.20. The number of carbonyl (C=O) groups excluding carboxylic acids is 1. The Labute approximate surface area is 102 Å². The molecule has 98 valence electrons. The van der Waals surface area contributed by atoms with Gasteiger partial charge in [0.2, 0.25) is 5.91 Å². The number of likely N-dealkylation sites (tertiary alicyclic amines) is 1. The quantitative estimate of drug-likeness (QED) is 0.791. The van der Waals surface area contributed by atoms with Crippen LogP contribution >= 0.6 is 0 Å². The molecule has 5 nitrogen and oxygen atoms in total. The van der Waals surface area contributed by atoms with Crippen LogP contribution in [0.15, 0.2) is 0 Å². The Morgan fingerprint density at radius 3 is 2.24 bits per heavy atom. The van der Waals surface area contributed by atoms with Gasteiger partial charge in [0.25, 0.3) is 0 Å². The highest BCUT2D eigenvalue weighted by atomic mass is 16.4. The van der Waals surface area contributed by atoms with Gasteiger partial charge >= 0.3 is 6.09 Å². The van der Waals surface area contributed by atoms with Crippen LogP contribution in [0.1, 0.15) is 40.0 Å². The van der Waals surface area contributed by atoms with Crippen LogP contribution in [-0.2, 0) is 4.79 Å². The lowest BCUT2D eigenvalue weighted by molar-refractivity contribution is -0.134. The number of carbonyl (C=O) groups is 2. The zero-order valence-electron chi connectivity index (χ0n) is 10.8. The maximum atomic E-state index is 12.2. The summed E-state index contributed by atoms with van der Waals surface area (Å²) in [6, 6.07) is 0.128. The van der Waals surface area contributed by atoms with Crippen molar-refractivity contribution >= 4 is 12.0 Å². The van der Waals surface area contributed by atoms with Crippen LogP contribution in [0.3, 0.4) is 0 Å². The average molecular weight is 242 g/mol. The maximum Gasteiger partial charge on any atom is 0.407 e. The second-order valence-corrected chi connectivity index (χ2v) is 5.03. The van der Waals surface area contributed by atoms with E-state index in [1.165, 1.54) is 4.90 Å². The van der Waals surface area contributed by atoms with Crippen molar-refractivity contribution in [3.63, 3.8) is 0 Å². The molecule has 2 N–H and O–H groups in total. The maximum absolute atomic E-state index is 12.2. The molecule has 1 heterocycles. The summed E-state index contributed by atoms with van der Waals surface area (Å²) in [5.41, 5.74) is -0.379. The number of hydrogen-bond acceptors (Lipinski definition) is 2. The molecular formula is C12H22N2O3. The Kier molecular flexibility index (Phi) is 4.37. The van der Waals surface area contributed by atoms with Gasteiger partial charge in [-0.05, 0) is 33.1 Å². The molecule has 0 aromatic rings. The van der Waals surface area contributed by atoms with Gasteiger partial charge in [-0.2, -0.15) is 0 Å². The number of piperidine rings is 1. The van der Waals surface area contributed by atoms with Crippen LogP contribution in [0.25, 0.3) is 0 Å². The molecule has 0 atom stereocenters. The third-order valence-corrected chi connectivity index (χ3v) is 3.57. The van der Waals surface area contributed by atoms with E-state index in [4.69, 9.17) is 5.11 Å². The minimum Gasteiger partial charge on any atom is -0.465 e. The molecule has 0 aromatic heterocycles. The van der Waals surface area contributed by atoms with Gasteiger partial charge in [0, 0.05) is 19.1 Å². The fourth-order valence-electron chi connectivity index (χ4n) is 2.28. The van der Waals surface area contributed by atoms with Gasteiger partial charge < -0.3 is 15.3 Å². The van der Waals surface area contributed by atoms with E-state index in [1.807, 2.05) is 20.8 Å². The zero-order valence-corrected chi connectivity index (χ0v) is 10.8. The summed E-state index contributed by atoms with van der Waals surface area (Å²) in [5.74, 6) is 0.0695. The normalized spacial score (nSPS) is 19.2. The summed E-state index contributed by atoms with van der Waals surface area (Å²) < 4.78 is 0. The second kappa shape index (κ2) is 5.38. The molecule has 2 amide bonds. The summed E-state index contributed by atoms with van der Waals surface area (Å²) in [4.78, 5) is 24.4. The molecule has 1 aliphatic rings. The van der Waals surface area contributed by atoms with Crippen molar-refractivity contribution < 1.29 is 14.7 Å². The molecule has 0 bridgehead atoms. The number of nitrogens with zero attached hydrogens (tertiary/aromatic N) is 1. The molecule has 1 aliphatic heterocycles. The van der Waals surface area contributed by atoms with E-state index in [-0.39, 0.29) is 17.4 Å². The van der Waals surface area contributed by atoms with Crippen LogP contribution in [0.2, 0.25) is 0 Å². The van der Waals surface area contributed by atoms with Crippen LogP contribution in [0.5, 0.6) is 0 Å². The van der Waals surface area contributed by atoms with Gasteiger partial charge in [0.05, 0.1) is 5.41 Å². The molecule has 0 aromatic carbocycles. The third-order valence-electron chi connectivity index (χ3n) is 3.57. The molecule has 1 fully saturated rings. The highest BCUT2D eigenvalue weighted by molar-refractivity contribution is 5.83. The standard InChI is InChI=1S/C12H22N2O3/c1-4-12(10(15)13-9(2)3)5-7-14(8-6-12)11(16)17/h9H,4-8H2,1-3H3,(H,13,15)(H,16,17). The Bertz CT molecular complexity index is 294. The second-order valence-electron chi connectivity index (χ2n) is 5.03. The van der Waals surface area contributed by atoms with Gasteiger partial charge in [0.15, 0.2) is 0 Å². The van der Waals surface area contributed by atoms with Gasteiger partial charge in [0.1, 0.15) is 0 Å². The van der Waals surface area contributed by atoms with Crippen molar-refractivity contribution in [1.29, 1.82) is 0 Å². The number of rotatable bonds is 3. The van der Waals surface area contributed by atoms with E-state index < -0.39 is 6.09 Å². The number of hydrogen-bond donors (Lipinski definition) is 2. The Morgan fingerprint density at radius 1 is 1.35 bits per heavy atom. The molecular weight excluding hydrogens is 220 g/mol. The Morgan fingerprint density at radius 2 is 1.88 bits per heavy atom. The largest absolute Gasteiger partial charge is 0.465 e. The fourth-order valence-corrected chi connectivity index (χ4v) is 2.28. The van der Waals surface area contributed by atoms with E-state index in [9.17, 15) is 9.59 Å². The summed E-state index contributed by atoms with van der Waals surface area (Å²) in [6.45, 7) is 6.78. The van der Waals surface area contributed by atoms with E-state index in [0.717, 1.165) is 6.42 Å². The molecule has 17 heavy (non-hydrogen) atoms. The van der Waals surface area contributed by atoms with Crippen molar-refractivity contribution in [2.45, 2.75) is 46.1 Å². The summed E-state index contributed by atoms with van der Waals surface area (Å²) in [5, 5.41) is 11.8. The van der Waals surface area contributed by atoms with Gasteiger partial charge in [-0.1, -0.05) is 6.92 Å². The van der Waals surface area contributed by atoms with Crippen LogP contribution in [0, 0.1) is 5.41 Å². The highest BCUT2D eigenvalue weighted by Crippen LogP contribution is 2.35. The summed E-state index contributed by atoms with van der Waals surface area (Å²) >= 11 is 0. The van der Waals surface area contributed by atoms with Crippen molar-refractivity contribution in [3.05, 3.63) is 0 Å². The van der Waals surface area contributed by atoms with E-state index >= 15 is 0 Å². The first kappa shape index (κ1) is 13.8. The average Bonchev–Trinajstić information content (AvgIpc) is 2.28. The van der Waals surface area contributed by atoms with E-state index in [2.05, 4.69) is 5.32 Å². The molecule has 0 aliphatic carbocycles. The third kappa shape index (κ3) is 3.11. The minimum atomic E-state index is -0.890. The van der Waals surface area contributed by atoms with Gasteiger partial charge in [-0.25, -0.2) is 4.79 Å². The molecule has 0 radical (unpaired) electrons. The minimum absolute atomic E-state index is 0.0695. The van der Waals surface area contributed by atoms with Crippen molar-refractivity contribution in [2.24, 2.45) is 5.41 Å². The molecule has 0 unspecified atom stereocenters. The molecule has 0 saturated carbocycles. The number of nitrogens with one attached hydrogen (secondary N) is 1. The molecule has 1 rings (SSSR count). The molecule has 0 spiro atoms. The summed E-state index contributed by atoms with van der Waals surface area (Å²) in [6.07, 6.45) is 1.11. The van der Waals surface area contributed by atoms with E-state index in [0.29, 0.717) is 25.9 Å². The highest BCUT2D eigenvalue weighted by Gasteiger charge is 2.40. The summed E-state index contributed by atoms with van der Waals surface area (Å²) in [7, 11) is 0.